The largest absolute Gasteiger partial charge is 0.495 e. The fourth-order valence-electron chi connectivity index (χ4n) is 3.31. The summed E-state index contributed by atoms with van der Waals surface area (Å²) in [5, 5.41) is 8.40. The molecule has 1 aliphatic rings. The zero-order valence-corrected chi connectivity index (χ0v) is 17.3. The molecule has 0 amide bonds. The first-order valence-corrected chi connectivity index (χ1v) is 10.8. The van der Waals surface area contributed by atoms with E-state index in [9.17, 15) is 8.42 Å². The normalized spacial score (nSPS) is 14.7. The maximum Gasteiger partial charge on any atom is 0.247 e. The van der Waals surface area contributed by atoms with Crippen molar-refractivity contribution >= 4 is 33.2 Å². The van der Waals surface area contributed by atoms with E-state index in [1.165, 1.54) is 17.5 Å². The highest BCUT2D eigenvalue weighted by Gasteiger charge is 2.33. The molecule has 1 N–H and O–H groups in total. The quantitative estimate of drug-likeness (QED) is 0.665. The minimum atomic E-state index is -3.79. The molecule has 0 bridgehead atoms. The number of hydrogen-bond donors (Lipinski definition) is 1. The molecule has 9 heteroatoms. The van der Waals surface area contributed by atoms with Crippen molar-refractivity contribution in [2.45, 2.75) is 17.9 Å². The monoisotopic (exact) mass is 437 g/mol. The van der Waals surface area contributed by atoms with Gasteiger partial charge in [-0.3, -0.25) is 5.10 Å². The number of aromatic nitrogens is 2. The van der Waals surface area contributed by atoms with Crippen LogP contribution in [0.5, 0.6) is 5.75 Å². The molecular weight excluding hydrogens is 421 g/mol. The lowest BCUT2D eigenvalue weighted by Gasteiger charge is -2.27. The molecule has 2 heterocycles. The van der Waals surface area contributed by atoms with E-state index < -0.39 is 10.0 Å². The average molecular weight is 438 g/mol. The minimum absolute atomic E-state index is 0.0579. The average Bonchev–Trinajstić information content (AvgIpc) is 3.12. The van der Waals surface area contributed by atoms with Crippen molar-refractivity contribution in [1.82, 2.24) is 14.5 Å². The second kappa shape index (κ2) is 7.40. The molecule has 0 radical (unpaired) electrons. The fraction of sp³-hybridized carbons (Fsp3) is 0.211. The smallest absolute Gasteiger partial charge is 0.247 e. The van der Waals surface area contributed by atoms with E-state index in [1.807, 2.05) is 12.1 Å². The Morgan fingerprint density at radius 3 is 2.54 bits per heavy atom. The predicted octanol–water partition coefficient (Wildman–Crippen LogP) is 4.14. The molecule has 0 atom stereocenters. The van der Waals surface area contributed by atoms with Gasteiger partial charge in [-0.05, 0) is 30.3 Å². The van der Waals surface area contributed by atoms with E-state index in [-0.39, 0.29) is 17.2 Å². The number of nitrogens with one attached hydrogen (secondary N) is 1. The summed E-state index contributed by atoms with van der Waals surface area (Å²) in [7, 11) is -2.36. The van der Waals surface area contributed by atoms with E-state index in [1.54, 1.807) is 24.3 Å². The van der Waals surface area contributed by atoms with Crippen molar-refractivity contribution in [3.05, 3.63) is 63.8 Å². The van der Waals surface area contributed by atoms with E-state index in [4.69, 9.17) is 27.9 Å². The second-order valence-corrected chi connectivity index (χ2v) is 9.20. The van der Waals surface area contributed by atoms with Crippen molar-refractivity contribution in [3.8, 4) is 17.0 Å². The van der Waals surface area contributed by atoms with Crippen LogP contribution in [0.3, 0.4) is 0 Å². The minimum Gasteiger partial charge on any atom is -0.495 e. The zero-order chi connectivity index (χ0) is 19.9. The molecule has 1 aliphatic heterocycles. The Morgan fingerprint density at radius 1 is 1.11 bits per heavy atom. The molecule has 4 rings (SSSR count). The van der Waals surface area contributed by atoms with Gasteiger partial charge in [0.05, 0.1) is 12.8 Å². The number of nitrogens with zero attached hydrogens (tertiary/aromatic N) is 2. The van der Waals surface area contributed by atoms with E-state index in [2.05, 4.69) is 10.2 Å². The first-order valence-electron chi connectivity index (χ1n) is 8.56. The van der Waals surface area contributed by atoms with Crippen LogP contribution in [0.25, 0.3) is 11.3 Å². The van der Waals surface area contributed by atoms with Crippen molar-refractivity contribution in [2.75, 3.05) is 13.7 Å². The number of ether oxygens (including phenoxy) is 1. The summed E-state index contributed by atoms with van der Waals surface area (Å²) in [5.74, 6) is 0.264. The molecule has 6 nitrogen and oxygen atoms in total. The Bertz CT molecular complexity index is 1130. The lowest BCUT2D eigenvalue weighted by molar-refractivity contribution is 0.377. The highest BCUT2D eigenvalue weighted by atomic mass is 35.5. The fourth-order valence-corrected chi connectivity index (χ4v) is 5.27. The molecule has 3 aromatic rings. The molecular formula is C19H17Cl2N3O3S. The van der Waals surface area contributed by atoms with Crippen LogP contribution >= 0.6 is 23.2 Å². The molecule has 0 saturated heterocycles. The van der Waals surface area contributed by atoms with Crippen LogP contribution in [0.4, 0.5) is 0 Å². The highest BCUT2D eigenvalue weighted by molar-refractivity contribution is 7.89. The number of aromatic amines is 1. The molecule has 28 heavy (non-hydrogen) atoms. The van der Waals surface area contributed by atoms with Crippen molar-refractivity contribution in [2.24, 2.45) is 0 Å². The van der Waals surface area contributed by atoms with Crippen LogP contribution in [0, 0.1) is 0 Å². The SMILES string of the molecule is COc1ccc(Cl)cc1S(=O)(=O)N1CCc2[nH]nc(-c3ccc(Cl)cc3)c2C1. The van der Waals surface area contributed by atoms with E-state index in [0.717, 1.165) is 22.5 Å². The maximum absolute atomic E-state index is 13.3. The third kappa shape index (κ3) is 3.39. The van der Waals surface area contributed by atoms with Gasteiger partial charge >= 0.3 is 0 Å². The van der Waals surface area contributed by atoms with E-state index in [0.29, 0.717) is 23.0 Å². The Morgan fingerprint density at radius 2 is 1.82 bits per heavy atom. The van der Waals surface area contributed by atoms with Crippen molar-refractivity contribution in [3.63, 3.8) is 0 Å². The first kappa shape index (κ1) is 19.3. The van der Waals surface area contributed by atoms with Crippen molar-refractivity contribution < 1.29 is 13.2 Å². The van der Waals surface area contributed by atoms with Crippen LogP contribution < -0.4 is 4.74 Å². The number of halogens is 2. The summed E-state index contributed by atoms with van der Waals surface area (Å²) < 4.78 is 33.2. The molecule has 2 aromatic carbocycles. The Balaban J connectivity index is 1.72. The molecule has 1 aromatic heterocycles. The summed E-state index contributed by atoms with van der Waals surface area (Å²) in [6.07, 6.45) is 0.540. The first-order chi connectivity index (χ1) is 13.4. The number of rotatable bonds is 4. The van der Waals surface area contributed by atoms with Gasteiger partial charge in [0.15, 0.2) is 0 Å². The van der Waals surface area contributed by atoms with Gasteiger partial charge in [-0.15, -0.1) is 0 Å². The third-order valence-corrected chi connectivity index (χ3v) is 7.11. The summed E-state index contributed by atoms with van der Waals surface area (Å²) in [6.45, 7) is 0.551. The Hall–Kier alpha value is -2.06. The summed E-state index contributed by atoms with van der Waals surface area (Å²) in [5.41, 5.74) is 3.40. The molecule has 0 unspecified atom stereocenters. The number of benzene rings is 2. The lowest BCUT2D eigenvalue weighted by Crippen LogP contribution is -2.36. The van der Waals surface area contributed by atoms with Crippen LogP contribution in [0.15, 0.2) is 47.4 Å². The van der Waals surface area contributed by atoms with Crippen LogP contribution in [-0.4, -0.2) is 36.6 Å². The standard InChI is InChI=1S/C19H17Cl2N3O3S/c1-27-17-7-6-14(21)10-18(17)28(25,26)24-9-8-16-15(11-24)19(23-22-16)12-2-4-13(20)5-3-12/h2-7,10H,8-9,11H2,1H3,(H,22,23). The predicted molar refractivity (Wildman–Crippen MR) is 108 cm³/mol. The number of H-pyrrole nitrogens is 1. The van der Waals surface area contributed by atoms with Crippen molar-refractivity contribution in [1.29, 1.82) is 0 Å². The Kier molecular flexibility index (Phi) is 5.09. The topological polar surface area (TPSA) is 75.3 Å². The van der Waals surface area contributed by atoms with Gasteiger partial charge in [0, 0.05) is 46.4 Å². The summed E-state index contributed by atoms with van der Waals surface area (Å²) in [6, 6.07) is 11.9. The van der Waals surface area contributed by atoms with Gasteiger partial charge < -0.3 is 4.74 Å². The number of sulfonamides is 1. The van der Waals surface area contributed by atoms with Gasteiger partial charge in [0.2, 0.25) is 10.0 Å². The van der Waals surface area contributed by atoms with Crippen LogP contribution in [-0.2, 0) is 23.0 Å². The number of fused-ring (bicyclic) bond motifs is 1. The summed E-state index contributed by atoms with van der Waals surface area (Å²) in [4.78, 5) is 0.0579. The Labute approximate surface area is 173 Å². The zero-order valence-electron chi connectivity index (χ0n) is 14.9. The van der Waals surface area contributed by atoms with Gasteiger partial charge in [0.25, 0.3) is 0 Å². The van der Waals surface area contributed by atoms with Crippen LogP contribution in [0.1, 0.15) is 11.3 Å². The van der Waals surface area contributed by atoms with Gasteiger partial charge in [-0.1, -0.05) is 35.3 Å². The number of methoxy groups -OCH3 is 1. The molecule has 0 spiro atoms. The molecule has 0 saturated carbocycles. The van der Waals surface area contributed by atoms with Crippen LogP contribution in [0.2, 0.25) is 10.0 Å². The number of hydrogen-bond acceptors (Lipinski definition) is 4. The second-order valence-electron chi connectivity index (χ2n) is 6.42. The highest BCUT2D eigenvalue weighted by Crippen LogP contribution is 2.34. The maximum atomic E-state index is 13.3. The van der Waals surface area contributed by atoms with Gasteiger partial charge in [-0.2, -0.15) is 9.40 Å². The third-order valence-electron chi connectivity index (χ3n) is 4.76. The lowest BCUT2D eigenvalue weighted by atomic mass is 10.0. The summed E-state index contributed by atoms with van der Waals surface area (Å²) >= 11 is 12.0. The van der Waals surface area contributed by atoms with E-state index >= 15 is 0 Å². The molecule has 146 valence electrons. The molecule has 0 aliphatic carbocycles. The molecule has 0 fully saturated rings. The van der Waals surface area contributed by atoms with Gasteiger partial charge in [-0.25, -0.2) is 8.42 Å². The van der Waals surface area contributed by atoms with Gasteiger partial charge in [0.1, 0.15) is 10.6 Å².